The first kappa shape index (κ1) is 15.4. The maximum atomic E-state index is 6.16. The summed E-state index contributed by atoms with van der Waals surface area (Å²) in [5.41, 5.74) is 3.30. The van der Waals surface area contributed by atoms with Gasteiger partial charge in [-0.1, -0.05) is 48.2 Å². The topological polar surface area (TPSA) is 66.0 Å². The summed E-state index contributed by atoms with van der Waals surface area (Å²) in [6.45, 7) is 2.04. The van der Waals surface area contributed by atoms with E-state index in [2.05, 4.69) is 10.2 Å². The summed E-state index contributed by atoms with van der Waals surface area (Å²) in [7, 11) is 1.66. The fraction of sp³-hybridized carbons (Fsp3) is 0.176. The van der Waals surface area contributed by atoms with Crippen molar-refractivity contribution in [2.75, 3.05) is 13.0 Å². The smallest absolute Gasteiger partial charge is 0.210 e. The second kappa shape index (κ2) is 6.75. The largest absolute Gasteiger partial charge is 0.497 e. The Kier molecular flexibility index (Phi) is 4.52. The zero-order valence-electron chi connectivity index (χ0n) is 13.1. The number of hydrogen-bond donors (Lipinski definition) is 1. The van der Waals surface area contributed by atoms with Gasteiger partial charge >= 0.3 is 0 Å². The van der Waals surface area contributed by atoms with Crippen LogP contribution in [0.1, 0.15) is 11.1 Å². The van der Waals surface area contributed by atoms with E-state index in [-0.39, 0.29) is 0 Å². The third kappa shape index (κ3) is 3.32. The van der Waals surface area contributed by atoms with Crippen molar-refractivity contribution in [3.05, 3.63) is 59.7 Å². The quantitative estimate of drug-likeness (QED) is 0.576. The Hall–Kier alpha value is -2.47. The molecule has 0 aliphatic heterocycles. The van der Waals surface area contributed by atoms with Gasteiger partial charge in [0.1, 0.15) is 5.75 Å². The van der Waals surface area contributed by atoms with Gasteiger partial charge in [0, 0.05) is 11.3 Å². The number of nitrogens with zero attached hydrogens (tertiary/aromatic N) is 3. The van der Waals surface area contributed by atoms with E-state index in [0.29, 0.717) is 11.0 Å². The van der Waals surface area contributed by atoms with Gasteiger partial charge in [0.2, 0.25) is 5.16 Å². The van der Waals surface area contributed by atoms with Gasteiger partial charge in [0.25, 0.3) is 0 Å². The van der Waals surface area contributed by atoms with Gasteiger partial charge in [-0.2, -0.15) is 0 Å². The molecule has 6 heteroatoms. The number of nitrogens with two attached hydrogens (primary N) is 1. The highest BCUT2D eigenvalue weighted by molar-refractivity contribution is 7.98. The molecule has 0 atom stereocenters. The molecule has 5 nitrogen and oxygen atoms in total. The van der Waals surface area contributed by atoms with Gasteiger partial charge < -0.3 is 10.6 Å². The van der Waals surface area contributed by atoms with Gasteiger partial charge in [-0.3, -0.25) is 0 Å². The molecule has 3 aromatic rings. The maximum Gasteiger partial charge on any atom is 0.210 e. The zero-order valence-corrected chi connectivity index (χ0v) is 13.9. The molecule has 0 radical (unpaired) electrons. The molecule has 0 saturated carbocycles. The van der Waals surface area contributed by atoms with E-state index in [1.54, 1.807) is 23.5 Å². The number of aromatic nitrogens is 3. The summed E-state index contributed by atoms with van der Waals surface area (Å²) in [5, 5.41) is 9.14. The molecule has 0 fully saturated rings. The lowest BCUT2D eigenvalue weighted by molar-refractivity contribution is 0.414. The summed E-state index contributed by atoms with van der Waals surface area (Å²) in [5.74, 6) is 8.47. The molecule has 3 rings (SSSR count). The molecule has 2 N–H and O–H groups in total. The molecule has 0 bridgehead atoms. The number of benzene rings is 2. The molecule has 0 aliphatic carbocycles. The van der Waals surface area contributed by atoms with Crippen LogP contribution in [0.3, 0.4) is 0 Å². The van der Waals surface area contributed by atoms with Crippen LogP contribution in [0.15, 0.2) is 53.7 Å². The zero-order chi connectivity index (χ0) is 16.2. The predicted octanol–water partition coefficient (Wildman–Crippen LogP) is 3.27. The van der Waals surface area contributed by atoms with Crippen molar-refractivity contribution in [3.8, 4) is 17.1 Å². The highest BCUT2D eigenvalue weighted by atomic mass is 32.2. The molecule has 0 aliphatic rings. The normalized spacial score (nSPS) is 10.7. The Morgan fingerprint density at radius 2 is 1.83 bits per heavy atom. The second-order valence-electron chi connectivity index (χ2n) is 5.13. The van der Waals surface area contributed by atoms with Crippen LogP contribution in [0, 0.1) is 6.92 Å². The Labute approximate surface area is 139 Å². The van der Waals surface area contributed by atoms with E-state index in [4.69, 9.17) is 10.6 Å². The van der Waals surface area contributed by atoms with Crippen molar-refractivity contribution in [1.82, 2.24) is 14.9 Å². The average Bonchev–Trinajstić information content (AvgIpc) is 2.94. The number of methoxy groups -OCH3 is 1. The van der Waals surface area contributed by atoms with Crippen LogP contribution < -0.4 is 10.6 Å². The SMILES string of the molecule is COc1ccc(CSc2nnc(-c3ccccc3C)n2N)cc1. The third-order valence-electron chi connectivity index (χ3n) is 3.58. The number of hydrogen-bond acceptors (Lipinski definition) is 5. The van der Waals surface area contributed by atoms with Crippen molar-refractivity contribution in [1.29, 1.82) is 0 Å². The van der Waals surface area contributed by atoms with Crippen molar-refractivity contribution in [2.24, 2.45) is 0 Å². The van der Waals surface area contributed by atoms with Crippen LogP contribution >= 0.6 is 11.8 Å². The van der Waals surface area contributed by atoms with Crippen LogP contribution in [-0.2, 0) is 5.75 Å². The molecule has 0 spiro atoms. The molecule has 0 amide bonds. The van der Waals surface area contributed by atoms with Crippen LogP contribution in [0.4, 0.5) is 0 Å². The first-order valence-electron chi connectivity index (χ1n) is 7.21. The minimum atomic E-state index is 0.681. The molecule has 1 heterocycles. The predicted molar refractivity (Wildman–Crippen MR) is 92.9 cm³/mol. The Morgan fingerprint density at radius 3 is 2.52 bits per heavy atom. The summed E-state index contributed by atoms with van der Waals surface area (Å²) in [6, 6.07) is 16.0. The lowest BCUT2D eigenvalue weighted by Gasteiger charge is -2.06. The Bertz CT molecular complexity index is 799. The fourth-order valence-electron chi connectivity index (χ4n) is 2.25. The van der Waals surface area contributed by atoms with Crippen molar-refractivity contribution in [3.63, 3.8) is 0 Å². The number of ether oxygens (including phenoxy) is 1. The Balaban J connectivity index is 1.75. The highest BCUT2D eigenvalue weighted by Gasteiger charge is 2.13. The monoisotopic (exact) mass is 326 g/mol. The van der Waals surface area contributed by atoms with Crippen molar-refractivity contribution in [2.45, 2.75) is 17.8 Å². The Morgan fingerprint density at radius 1 is 1.09 bits per heavy atom. The van der Waals surface area contributed by atoms with Gasteiger partial charge in [-0.25, -0.2) is 4.68 Å². The summed E-state index contributed by atoms with van der Waals surface area (Å²) < 4.78 is 6.71. The van der Waals surface area contributed by atoms with Gasteiger partial charge in [0.15, 0.2) is 5.82 Å². The highest BCUT2D eigenvalue weighted by Crippen LogP contribution is 2.26. The lowest BCUT2D eigenvalue weighted by Crippen LogP contribution is -2.12. The maximum absolute atomic E-state index is 6.16. The number of rotatable bonds is 5. The molecule has 2 aromatic carbocycles. The molecule has 118 valence electrons. The van der Waals surface area contributed by atoms with Crippen LogP contribution in [0.2, 0.25) is 0 Å². The second-order valence-corrected chi connectivity index (χ2v) is 6.07. The minimum absolute atomic E-state index is 0.681. The van der Waals surface area contributed by atoms with Crippen molar-refractivity contribution >= 4 is 11.8 Å². The first-order valence-corrected chi connectivity index (χ1v) is 8.20. The van der Waals surface area contributed by atoms with E-state index in [0.717, 1.165) is 22.6 Å². The van der Waals surface area contributed by atoms with E-state index in [1.165, 1.54) is 5.56 Å². The lowest BCUT2D eigenvalue weighted by atomic mass is 10.1. The minimum Gasteiger partial charge on any atom is -0.497 e. The van der Waals surface area contributed by atoms with Gasteiger partial charge in [0.05, 0.1) is 7.11 Å². The van der Waals surface area contributed by atoms with E-state index < -0.39 is 0 Å². The number of thioether (sulfide) groups is 1. The van der Waals surface area contributed by atoms with E-state index in [9.17, 15) is 0 Å². The molecule has 0 saturated heterocycles. The average molecular weight is 326 g/mol. The molecule has 23 heavy (non-hydrogen) atoms. The van der Waals surface area contributed by atoms with E-state index >= 15 is 0 Å². The van der Waals surface area contributed by atoms with Crippen LogP contribution in [-0.4, -0.2) is 22.0 Å². The summed E-state index contributed by atoms with van der Waals surface area (Å²) in [4.78, 5) is 0. The van der Waals surface area contributed by atoms with Crippen LogP contribution in [0.5, 0.6) is 5.75 Å². The number of nitrogen functional groups attached to an aromatic ring is 1. The standard InChI is InChI=1S/C17H18N4OS/c1-12-5-3-4-6-15(12)16-19-20-17(21(16)18)23-11-13-7-9-14(22-2)10-8-13/h3-10H,11,18H2,1-2H3. The molecule has 0 unspecified atom stereocenters. The number of aryl methyl sites for hydroxylation is 1. The molecular weight excluding hydrogens is 308 g/mol. The third-order valence-corrected chi connectivity index (χ3v) is 4.59. The summed E-state index contributed by atoms with van der Waals surface area (Å²) in [6.07, 6.45) is 0. The van der Waals surface area contributed by atoms with Gasteiger partial charge in [-0.15, -0.1) is 10.2 Å². The van der Waals surface area contributed by atoms with Crippen LogP contribution in [0.25, 0.3) is 11.4 Å². The van der Waals surface area contributed by atoms with E-state index in [1.807, 2.05) is 55.5 Å². The molecule has 1 aromatic heterocycles. The van der Waals surface area contributed by atoms with Crippen molar-refractivity contribution < 1.29 is 4.74 Å². The fourth-order valence-corrected chi connectivity index (χ4v) is 3.06. The summed E-state index contributed by atoms with van der Waals surface area (Å²) >= 11 is 1.56. The van der Waals surface area contributed by atoms with Gasteiger partial charge in [-0.05, 0) is 30.2 Å². The molecular formula is C17H18N4OS. The first-order chi connectivity index (χ1) is 11.2.